The summed E-state index contributed by atoms with van der Waals surface area (Å²) in [5.74, 6) is -0.899. The summed E-state index contributed by atoms with van der Waals surface area (Å²) in [6.45, 7) is 0.107. The summed E-state index contributed by atoms with van der Waals surface area (Å²) >= 11 is 0. The molecule has 0 unspecified atom stereocenters. The Hall–Kier alpha value is -4.79. The van der Waals surface area contributed by atoms with Crippen LogP contribution in [0.25, 0.3) is 16.9 Å². The fourth-order valence-corrected chi connectivity index (χ4v) is 3.41. The Balaban J connectivity index is 1.35. The van der Waals surface area contributed by atoms with Gasteiger partial charge in [-0.05, 0) is 24.3 Å². The molecule has 176 valence electrons. The van der Waals surface area contributed by atoms with Crippen LogP contribution in [0.4, 0.5) is 5.69 Å². The van der Waals surface area contributed by atoms with Crippen molar-refractivity contribution >= 4 is 17.6 Å². The predicted molar refractivity (Wildman–Crippen MR) is 129 cm³/mol. The van der Waals surface area contributed by atoms with Gasteiger partial charge < -0.3 is 10.1 Å². The highest BCUT2D eigenvalue weighted by molar-refractivity contribution is 5.94. The van der Waals surface area contributed by atoms with E-state index in [4.69, 9.17) is 9.84 Å². The number of esters is 1. The zero-order chi connectivity index (χ0) is 24.6. The Labute approximate surface area is 201 Å². The number of carbonyl (C=O) groups excluding carboxylic acids is 2. The monoisotopic (exact) mass is 470 g/mol. The van der Waals surface area contributed by atoms with Crippen LogP contribution in [0.3, 0.4) is 0 Å². The molecule has 9 heteroatoms. The van der Waals surface area contributed by atoms with Crippen LogP contribution in [0.5, 0.6) is 0 Å². The molecule has 9 nitrogen and oxygen atoms in total. The molecule has 0 aliphatic heterocycles. The van der Waals surface area contributed by atoms with Crippen molar-refractivity contribution < 1.29 is 19.2 Å². The number of amides is 1. The van der Waals surface area contributed by atoms with Crippen molar-refractivity contribution in [2.24, 2.45) is 0 Å². The first-order valence-electron chi connectivity index (χ1n) is 10.9. The molecule has 0 bridgehead atoms. The molecule has 1 heterocycles. The fourth-order valence-electron chi connectivity index (χ4n) is 3.41. The van der Waals surface area contributed by atoms with Gasteiger partial charge in [0, 0.05) is 41.6 Å². The quantitative estimate of drug-likeness (QED) is 0.221. The highest BCUT2D eigenvalue weighted by Gasteiger charge is 2.15. The Morgan fingerprint density at radius 1 is 0.943 bits per heavy atom. The van der Waals surface area contributed by atoms with E-state index in [2.05, 4.69) is 5.32 Å². The maximum atomic E-state index is 12.3. The van der Waals surface area contributed by atoms with Crippen molar-refractivity contribution in [2.75, 3.05) is 6.54 Å². The third-order valence-corrected chi connectivity index (χ3v) is 5.20. The van der Waals surface area contributed by atoms with Gasteiger partial charge in [0.25, 0.3) is 11.6 Å². The summed E-state index contributed by atoms with van der Waals surface area (Å²) in [5, 5.41) is 18.0. The molecule has 1 N–H and O–H groups in total. The van der Waals surface area contributed by atoms with Crippen LogP contribution in [-0.2, 0) is 16.1 Å². The number of hydrogen-bond acceptors (Lipinski definition) is 6. The summed E-state index contributed by atoms with van der Waals surface area (Å²) in [4.78, 5) is 34.7. The fraction of sp³-hybridized carbons (Fsp3) is 0.115. The number of rotatable bonds is 9. The minimum Gasteiger partial charge on any atom is -0.461 e. The van der Waals surface area contributed by atoms with Crippen LogP contribution in [0.1, 0.15) is 22.3 Å². The molecule has 0 saturated carbocycles. The first-order chi connectivity index (χ1) is 17.0. The van der Waals surface area contributed by atoms with E-state index in [0.29, 0.717) is 5.69 Å². The molecule has 0 aliphatic rings. The van der Waals surface area contributed by atoms with Gasteiger partial charge in [-0.3, -0.25) is 19.7 Å². The average Bonchev–Trinajstić information content (AvgIpc) is 3.33. The van der Waals surface area contributed by atoms with Gasteiger partial charge in [0.15, 0.2) is 0 Å². The Morgan fingerprint density at radius 3 is 2.26 bits per heavy atom. The van der Waals surface area contributed by atoms with Crippen LogP contribution in [0, 0.1) is 10.1 Å². The van der Waals surface area contributed by atoms with E-state index >= 15 is 0 Å². The zero-order valence-electron chi connectivity index (χ0n) is 18.7. The van der Waals surface area contributed by atoms with Crippen molar-refractivity contribution in [1.29, 1.82) is 0 Å². The van der Waals surface area contributed by atoms with E-state index in [1.54, 1.807) is 4.68 Å². The Bertz CT molecular complexity index is 1320. The maximum absolute atomic E-state index is 12.3. The van der Waals surface area contributed by atoms with Crippen molar-refractivity contribution in [3.8, 4) is 16.9 Å². The third-order valence-electron chi connectivity index (χ3n) is 5.20. The van der Waals surface area contributed by atoms with Crippen molar-refractivity contribution in [1.82, 2.24) is 15.1 Å². The summed E-state index contributed by atoms with van der Waals surface area (Å²) in [6.07, 6.45) is 1.81. The molecule has 0 fully saturated rings. The number of nitro groups is 1. The van der Waals surface area contributed by atoms with E-state index in [1.807, 2.05) is 66.9 Å². The van der Waals surface area contributed by atoms with Gasteiger partial charge in [0.2, 0.25) is 0 Å². The van der Waals surface area contributed by atoms with Crippen molar-refractivity contribution in [2.45, 2.75) is 13.0 Å². The van der Waals surface area contributed by atoms with Crippen LogP contribution >= 0.6 is 0 Å². The SMILES string of the molecule is O=C(CCNC(=O)c1ccc([N+](=O)[O-])cc1)OCc1cn(-c2ccccc2)nc1-c1ccccc1. The summed E-state index contributed by atoms with van der Waals surface area (Å²) < 4.78 is 7.20. The van der Waals surface area contributed by atoms with Crippen LogP contribution in [-0.4, -0.2) is 33.1 Å². The van der Waals surface area contributed by atoms with E-state index in [-0.39, 0.29) is 30.8 Å². The predicted octanol–water partition coefficient (Wildman–Crippen LogP) is 4.31. The number of nitro benzene ring substituents is 1. The second-order valence-electron chi connectivity index (χ2n) is 7.62. The summed E-state index contributed by atoms with van der Waals surface area (Å²) in [7, 11) is 0. The lowest BCUT2D eigenvalue weighted by molar-refractivity contribution is -0.384. The van der Waals surface area contributed by atoms with E-state index < -0.39 is 16.8 Å². The van der Waals surface area contributed by atoms with Gasteiger partial charge in [-0.1, -0.05) is 48.5 Å². The molecule has 4 aromatic rings. The van der Waals surface area contributed by atoms with Gasteiger partial charge in [-0.2, -0.15) is 5.10 Å². The number of aromatic nitrogens is 2. The van der Waals surface area contributed by atoms with Crippen molar-refractivity contribution in [3.63, 3.8) is 0 Å². The van der Waals surface area contributed by atoms with Gasteiger partial charge in [-0.25, -0.2) is 4.68 Å². The number of hydrogen-bond donors (Lipinski definition) is 1. The Kier molecular flexibility index (Phi) is 7.27. The zero-order valence-corrected chi connectivity index (χ0v) is 18.7. The summed E-state index contributed by atoms with van der Waals surface area (Å²) in [6, 6.07) is 24.5. The second kappa shape index (κ2) is 10.9. The molecule has 0 atom stereocenters. The lowest BCUT2D eigenvalue weighted by Gasteiger charge is -2.07. The van der Waals surface area contributed by atoms with Gasteiger partial charge in [0.1, 0.15) is 6.61 Å². The van der Waals surface area contributed by atoms with Crippen molar-refractivity contribution in [3.05, 3.63) is 112 Å². The highest BCUT2D eigenvalue weighted by Crippen LogP contribution is 2.24. The molecule has 35 heavy (non-hydrogen) atoms. The molecule has 0 radical (unpaired) electrons. The molecular weight excluding hydrogens is 448 g/mol. The van der Waals surface area contributed by atoms with E-state index in [0.717, 1.165) is 16.8 Å². The maximum Gasteiger partial charge on any atom is 0.307 e. The number of benzene rings is 3. The molecule has 0 aliphatic carbocycles. The van der Waals surface area contributed by atoms with E-state index in [9.17, 15) is 19.7 Å². The topological polar surface area (TPSA) is 116 Å². The molecule has 1 amide bonds. The lowest BCUT2D eigenvalue weighted by Crippen LogP contribution is -2.26. The number of nitrogens with zero attached hydrogens (tertiary/aromatic N) is 3. The molecule has 0 saturated heterocycles. The van der Waals surface area contributed by atoms with Gasteiger partial charge in [-0.15, -0.1) is 0 Å². The number of carbonyl (C=O) groups is 2. The number of nitrogens with one attached hydrogen (secondary N) is 1. The van der Waals surface area contributed by atoms with Crippen LogP contribution in [0.2, 0.25) is 0 Å². The summed E-state index contributed by atoms with van der Waals surface area (Å²) in [5.41, 5.74) is 3.43. The molecular formula is C26H22N4O5. The highest BCUT2D eigenvalue weighted by atomic mass is 16.6. The Morgan fingerprint density at radius 2 is 1.60 bits per heavy atom. The molecule has 3 aromatic carbocycles. The minimum absolute atomic E-state index is 0.0216. The second-order valence-corrected chi connectivity index (χ2v) is 7.62. The first kappa shape index (κ1) is 23.4. The van der Waals surface area contributed by atoms with Gasteiger partial charge >= 0.3 is 5.97 Å². The van der Waals surface area contributed by atoms with Crippen LogP contribution in [0.15, 0.2) is 91.1 Å². The number of para-hydroxylation sites is 1. The molecule has 1 aromatic heterocycles. The lowest BCUT2D eigenvalue weighted by atomic mass is 10.1. The smallest absolute Gasteiger partial charge is 0.307 e. The number of ether oxygens (including phenoxy) is 1. The third kappa shape index (κ3) is 5.97. The average molecular weight is 470 g/mol. The normalized spacial score (nSPS) is 10.5. The molecule has 0 spiro atoms. The number of non-ortho nitro benzene ring substituents is 1. The largest absolute Gasteiger partial charge is 0.461 e. The molecule has 4 rings (SSSR count). The van der Waals surface area contributed by atoms with Gasteiger partial charge in [0.05, 0.1) is 22.7 Å². The van der Waals surface area contributed by atoms with Crippen LogP contribution < -0.4 is 5.32 Å². The standard InChI is InChI=1S/C26H22N4O5/c31-24(15-16-27-26(32)20-11-13-23(14-12-20)30(33)34)35-18-21-17-29(22-9-5-2-6-10-22)28-25(21)19-7-3-1-4-8-19/h1-14,17H,15-16,18H2,(H,27,32). The minimum atomic E-state index is -0.537. The van der Waals surface area contributed by atoms with E-state index in [1.165, 1.54) is 24.3 Å². The first-order valence-corrected chi connectivity index (χ1v) is 10.9.